The van der Waals surface area contributed by atoms with Gasteiger partial charge in [0.15, 0.2) is 0 Å². The fraction of sp³-hybridized carbons (Fsp3) is 0.312. The summed E-state index contributed by atoms with van der Waals surface area (Å²) >= 11 is 0. The van der Waals surface area contributed by atoms with Crippen molar-refractivity contribution in [1.82, 2.24) is 10.3 Å². The van der Waals surface area contributed by atoms with Crippen molar-refractivity contribution in [3.8, 4) is 5.75 Å². The Bertz CT molecular complexity index is 554. The molecule has 1 aliphatic carbocycles. The van der Waals surface area contributed by atoms with Gasteiger partial charge >= 0.3 is 0 Å². The summed E-state index contributed by atoms with van der Waals surface area (Å²) in [6.45, 7) is 0.855. The second-order valence-electron chi connectivity index (χ2n) is 5.06. The highest BCUT2D eigenvalue weighted by Gasteiger charge is 2.19. The summed E-state index contributed by atoms with van der Waals surface area (Å²) in [6.07, 6.45) is 7.04. The minimum Gasteiger partial charge on any atom is -0.508 e. The largest absolute Gasteiger partial charge is 0.508 e. The molecule has 0 spiro atoms. The van der Waals surface area contributed by atoms with Crippen molar-refractivity contribution in [2.75, 3.05) is 0 Å². The highest BCUT2D eigenvalue weighted by atomic mass is 16.3. The molecule has 0 radical (unpaired) electrons. The Hall–Kier alpha value is -1.87. The van der Waals surface area contributed by atoms with Gasteiger partial charge in [-0.1, -0.05) is 6.07 Å². The Morgan fingerprint density at radius 3 is 2.89 bits per heavy atom. The summed E-state index contributed by atoms with van der Waals surface area (Å²) in [6, 6.07) is 10.2. The number of hydrogen-bond acceptors (Lipinski definition) is 3. The molecule has 0 saturated carbocycles. The molecular weight excluding hydrogens is 236 g/mol. The Morgan fingerprint density at radius 2 is 2.05 bits per heavy atom. The van der Waals surface area contributed by atoms with Crippen LogP contribution in [0.5, 0.6) is 5.75 Å². The van der Waals surface area contributed by atoms with Crippen molar-refractivity contribution < 1.29 is 5.11 Å². The minimum atomic E-state index is 0.369. The Morgan fingerprint density at radius 1 is 1.21 bits per heavy atom. The van der Waals surface area contributed by atoms with E-state index in [9.17, 15) is 5.11 Å². The quantitative estimate of drug-likeness (QED) is 0.885. The number of phenolic OH excluding ortho intramolecular Hbond substituents is 1. The van der Waals surface area contributed by atoms with Crippen LogP contribution in [0.25, 0.3) is 0 Å². The van der Waals surface area contributed by atoms with Gasteiger partial charge in [0.1, 0.15) is 5.75 Å². The zero-order chi connectivity index (χ0) is 13.1. The number of nitrogens with zero attached hydrogens (tertiary/aromatic N) is 1. The lowest BCUT2D eigenvalue weighted by Gasteiger charge is -2.26. The molecule has 1 aromatic heterocycles. The lowest BCUT2D eigenvalue weighted by molar-refractivity contribution is 0.449. The summed E-state index contributed by atoms with van der Waals surface area (Å²) < 4.78 is 0. The molecule has 1 heterocycles. The highest BCUT2D eigenvalue weighted by molar-refractivity contribution is 5.38. The maximum absolute atomic E-state index is 9.56. The third-order valence-corrected chi connectivity index (χ3v) is 3.74. The van der Waals surface area contributed by atoms with E-state index in [4.69, 9.17) is 0 Å². The number of fused-ring (bicyclic) bond motifs is 1. The number of aryl methyl sites for hydroxylation is 1. The smallest absolute Gasteiger partial charge is 0.115 e. The standard InChI is InChI=1S/C16H18N2O/c19-14-4-5-15-13(10-14)2-1-3-16(15)18-11-12-6-8-17-9-7-12/h4-10,16,18-19H,1-3,11H2. The van der Waals surface area contributed by atoms with Crippen LogP contribution in [0.3, 0.4) is 0 Å². The summed E-state index contributed by atoms with van der Waals surface area (Å²) in [4.78, 5) is 4.03. The van der Waals surface area contributed by atoms with Gasteiger partial charge in [0, 0.05) is 25.0 Å². The van der Waals surface area contributed by atoms with Gasteiger partial charge in [-0.2, -0.15) is 0 Å². The van der Waals surface area contributed by atoms with Gasteiger partial charge in [-0.15, -0.1) is 0 Å². The maximum atomic E-state index is 9.56. The number of aromatic nitrogens is 1. The molecule has 1 atom stereocenters. The van der Waals surface area contributed by atoms with E-state index in [1.54, 1.807) is 6.07 Å². The van der Waals surface area contributed by atoms with E-state index in [0.717, 1.165) is 19.4 Å². The summed E-state index contributed by atoms with van der Waals surface area (Å²) in [5.41, 5.74) is 3.86. The molecule has 1 aliphatic rings. The number of pyridine rings is 1. The minimum absolute atomic E-state index is 0.369. The van der Waals surface area contributed by atoms with Gasteiger partial charge in [0.2, 0.25) is 0 Å². The van der Waals surface area contributed by atoms with Crippen molar-refractivity contribution >= 4 is 0 Å². The highest BCUT2D eigenvalue weighted by Crippen LogP contribution is 2.31. The van der Waals surface area contributed by atoms with Crippen LogP contribution in [0.4, 0.5) is 0 Å². The molecule has 0 saturated heterocycles. The third kappa shape index (κ3) is 2.76. The van der Waals surface area contributed by atoms with E-state index in [1.807, 2.05) is 36.7 Å². The van der Waals surface area contributed by atoms with Crippen molar-refractivity contribution in [3.05, 3.63) is 59.4 Å². The lowest BCUT2D eigenvalue weighted by Crippen LogP contribution is -2.24. The Balaban J connectivity index is 1.73. The molecule has 0 aliphatic heterocycles. The molecule has 0 fully saturated rings. The fourth-order valence-corrected chi connectivity index (χ4v) is 2.75. The zero-order valence-electron chi connectivity index (χ0n) is 10.8. The molecule has 1 aromatic carbocycles. The van der Waals surface area contributed by atoms with E-state index in [2.05, 4.69) is 10.3 Å². The molecule has 0 bridgehead atoms. The van der Waals surface area contributed by atoms with E-state index < -0.39 is 0 Å². The molecule has 3 nitrogen and oxygen atoms in total. The zero-order valence-corrected chi connectivity index (χ0v) is 10.8. The first-order valence-corrected chi connectivity index (χ1v) is 6.77. The summed E-state index contributed by atoms with van der Waals surface area (Å²) in [7, 11) is 0. The lowest BCUT2D eigenvalue weighted by atomic mass is 9.87. The molecule has 0 amide bonds. The monoisotopic (exact) mass is 254 g/mol. The maximum Gasteiger partial charge on any atom is 0.115 e. The first-order valence-electron chi connectivity index (χ1n) is 6.77. The van der Waals surface area contributed by atoms with Crippen molar-refractivity contribution in [2.24, 2.45) is 0 Å². The number of phenols is 1. The van der Waals surface area contributed by atoms with Gasteiger partial charge in [-0.25, -0.2) is 0 Å². The average molecular weight is 254 g/mol. The fourth-order valence-electron chi connectivity index (χ4n) is 2.75. The number of nitrogens with one attached hydrogen (secondary N) is 1. The number of benzene rings is 1. The van der Waals surface area contributed by atoms with Gasteiger partial charge < -0.3 is 10.4 Å². The average Bonchev–Trinajstić information content (AvgIpc) is 2.45. The first-order chi connectivity index (χ1) is 9.33. The van der Waals surface area contributed by atoms with Crippen LogP contribution >= 0.6 is 0 Å². The van der Waals surface area contributed by atoms with Gasteiger partial charge in [0.05, 0.1) is 0 Å². The molecule has 2 N–H and O–H groups in total. The van der Waals surface area contributed by atoms with Crippen LogP contribution < -0.4 is 5.32 Å². The van der Waals surface area contributed by atoms with Gasteiger partial charge in [-0.3, -0.25) is 4.98 Å². The summed E-state index contributed by atoms with van der Waals surface area (Å²) in [5.74, 6) is 0.369. The first kappa shape index (κ1) is 12.2. The van der Waals surface area contributed by atoms with E-state index in [0.29, 0.717) is 11.8 Å². The van der Waals surface area contributed by atoms with Crippen molar-refractivity contribution in [2.45, 2.75) is 31.8 Å². The number of rotatable bonds is 3. The molecule has 19 heavy (non-hydrogen) atoms. The topological polar surface area (TPSA) is 45.1 Å². The van der Waals surface area contributed by atoms with Crippen LogP contribution in [0.2, 0.25) is 0 Å². The van der Waals surface area contributed by atoms with E-state index >= 15 is 0 Å². The molecule has 2 aromatic rings. The van der Waals surface area contributed by atoms with E-state index in [-0.39, 0.29) is 0 Å². The van der Waals surface area contributed by atoms with Gasteiger partial charge in [-0.05, 0) is 60.2 Å². The predicted octanol–water partition coefficient (Wildman–Crippen LogP) is 2.95. The van der Waals surface area contributed by atoms with Crippen LogP contribution in [0.15, 0.2) is 42.7 Å². The number of hydrogen-bond donors (Lipinski definition) is 2. The molecule has 1 unspecified atom stereocenters. The normalized spacial score (nSPS) is 18.0. The summed E-state index contributed by atoms with van der Waals surface area (Å²) in [5, 5.41) is 13.2. The molecular formula is C16H18N2O. The second-order valence-corrected chi connectivity index (χ2v) is 5.06. The van der Waals surface area contributed by atoms with Crippen molar-refractivity contribution in [3.63, 3.8) is 0 Å². The van der Waals surface area contributed by atoms with E-state index in [1.165, 1.54) is 23.1 Å². The predicted molar refractivity (Wildman–Crippen MR) is 74.9 cm³/mol. The van der Waals surface area contributed by atoms with Crippen LogP contribution in [-0.2, 0) is 13.0 Å². The second kappa shape index (κ2) is 5.41. The van der Waals surface area contributed by atoms with Gasteiger partial charge in [0.25, 0.3) is 0 Å². The van der Waals surface area contributed by atoms with Crippen molar-refractivity contribution in [1.29, 1.82) is 0 Å². The Kier molecular flexibility index (Phi) is 3.47. The molecule has 3 rings (SSSR count). The van der Waals surface area contributed by atoms with Crippen LogP contribution in [-0.4, -0.2) is 10.1 Å². The molecule has 98 valence electrons. The molecule has 3 heteroatoms. The van der Waals surface area contributed by atoms with Crippen LogP contribution in [0, 0.1) is 0 Å². The third-order valence-electron chi connectivity index (χ3n) is 3.74. The number of aromatic hydroxyl groups is 1. The van der Waals surface area contributed by atoms with Crippen LogP contribution in [0.1, 0.15) is 35.6 Å². The SMILES string of the molecule is Oc1ccc2c(c1)CCCC2NCc1ccncc1. The Labute approximate surface area is 113 Å².